The van der Waals surface area contributed by atoms with Crippen molar-refractivity contribution in [3.05, 3.63) is 35.4 Å². The monoisotopic (exact) mass is 166 g/mol. The minimum atomic E-state index is -0.347. The summed E-state index contributed by atoms with van der Waals surface area (Å²) in [6.07, 6.45) is 3.46. The quantitative estimate of drug-likeness (QED) is 0.642. The maximum absolute atomic E-state index is 12.2. The molecule has 0 nitrogen and oxygen atoms in total. The van der Waals surface area contributed by atoms with E-state index < -0.39 is 0 Å². The molecule has 0 aliphatic rings. The number of alkyl halides is 1. The van der Waals surface area contributed by atoms with E-state index in [1.54, 1.807) is 0 Å². The third kappa shape index (κ3) is 2.65. The highest BCUT2D eigenvalue weighted by molar-refractivity contribution is 5.22. The van der Waals surface area contributed by atoms with Crippen molar-refractivity contribution in [1.82, 2.24) is 0 Å². The highest BCUT2D eigenvalue weighted by Crippen LogP contribution is 2.09. The molecule has 0 fully saturated rings. The maximum atomic E-state index is 12.2. The molecule has 0 aliphatic heterocycles. The summed E-state index contributed by atoms with van der Waals surface area (Å²) in [5.74, 6) is 0. The van der Waals surface area contributed by atoms with Gasteiger partial charge in [0.05, 0.1) is 0 Å². The zero-order chi connectivity index (χ0) is 8.81. The van der Waals surface area contributed by atoms with E-state index in [1.165, 1.54) is 18.4 Å². The molecule has 0 aromatic heterocycles. The Bertz CT molecular complexity index is 230. The molecule has 0 heterocycles. The van der Waals surface area contributed by atoms with Crippen molar-refractivity contribution in [2.45, 2.75) is 32.9 Å². The molecule has 66 valence electrons. The Labute approximate surface area is 73.4 Å². The number of rotatable bonds is 4. The van der Waals surface area contributed by atoms with Crippen LogP contribution in [0, 0.1) is 0 Å². The molecule has 0 amide bonds. The Hall–Kier alpha value is -0.850. The standard InChI is InChI=1S/C11H15F/c1-2-3-5-10-6-4-7-11(8-10)9-12/h4,6-8H,2-3,5,9H2,1H3. The third-order valence-corrected chi connectivity index (χ3v) is 1.96. The van der Waals surface area contributed by atoms with E-state index in [1.807, 2.05) is 18.2 Å². The van der Waals surface area contributed by atoms with Crippen molar-refractivity contribution in [2.75, 3.05) is 0 Å². The Morgan fingerprint density at radius 2 is 2.00 bits per heavy atom. The summed E-state index contributed by atoms with van der Waals surface area (Å²) in [5, 5.41) is 0. The van der Waals surface area contributed by atoms with Gasteiger partial charge in [-0.25, -0.2) is 4.39 Å². The van der Waals surface area contributed by atoms with Crippen LogP contribution in [0.25, 0.3) is 0 Å². The number of halogens is 1. The molecule has 12 heavy (non-hydrogen) atoms. The molecule has 1 heteroatoms. The van der Waals surface area contributed by atoms with E-state index in [-0.39, 0.29) is 6.67 Å². The van der Waals surface area contributed by atoms with E-state index in [4.69, 9.17) is 0 Å². The van der Waals surface area contributed by atoms with Gasteiger partial charge < -0.3 is 0 Å². The van der Waals surface area contributed by atoms with Gasteiger partial charge in [0.25, 0.3) is 0 Å². The second kappa shape index (κ2) is 4.91. The molecule has 0 radical (unpaired) electrons. The van der Waals surface area contributed by atoms with E-state index in [0.29, 0.717) is 0 Å². The van der Waals surface area contributed by atoms with E-state index in [2.05, 4.69) is 13.0 Å². The summed E-state index contributed by atoms with van der Waals surface area (Å²) in [6, 6.07) is 7.78. The van der Waals surface area contributed by atoms with E-state index in [9.17, 15) is 4.39 Å². The highest BCUT2D eigenvalue weighted by atomic mass is 19.1. The summed E-state index contributed by atoms with van der Waals surface area (Å²) in [7, 11) is 0. The SMILES string of the molecule is CCCCc1cccc(CF)c1. The summed E-state index contributed by atoms with van der Waals surface area (Å²) < 4.78 is 12.2. The van der Waals surface area contributed by atoms with Gasteiger partial charge in [-0.05, 0) is 24.0 Å². The van der Waals surface area contributed by atoms with Crippen LogP contribution in [0.2, 0.25) is 0 Å². The number of aryl methyl sites for hydroxylation is 1. The van der Waals surface area contributed by atoms with Gasteiger partial charge in [0.1, 0.15) is 6.67 Å². The predicted octanol–water partition coefficient (Wildman–Crippen LogP) is 3.50. The Balaban J connectivity index is 2.60. The van der Waals surface area contributed by atoms with Crippen LogP contribution in [0.3, 0.4) is 0 Å². The van der Waals surface area contributed by atoms with Crippen LogP contribution < -0.4 is 0 Å². The summed E-state index contributed by atoms with van der Waals surface area (Å²) in [6.45, 7) is 1.82. The minimum absolute atomic E-state index is 0.347. The summed E-state index contributed by atoms with van der Waals surface area (Å²) in [4.78, 5) is 0. The average molecular weight is 166 g/mol. The van der Waals surface area contributed by atoms with Crippen molar-refractivity contribution < 1.29 is 4.39 Å². The van der Waals surface area contributed by atoms with Gasteiger partial charge in [-0.15, -0.1) is 0 Å². The first kappa shape index (κ1) is 9.24. The number of unbranched alkanes of at least 4 members (excludes halogenated alkanes) is 1. The van der Waals surface area contributed by atoms with Gasteiger partial charge in [-0.1, -0.05) is 37.6 Å². The van der Waals surface area contributed by atoms with Gasteiger partial charge in [0.15, 0.2) is 0 Å². The van der Waals surface area contributed by atoms with Crippen molar-refractivity contribution in [2.24, 2.45) is 0 Å². The number of hydrogen-bond donors (Lipinski definition) is 0. The Morgan fingerprint density at radius 1 is 1.25 bits per heavy atom. The average Bonchev–Trinajstić information content (AvgIpc) is 2.15. The molecule has 1 rings (SSSR count). The van der Waals surface area contributed by atoms with Crippen LogP contribution in [0.1, 0.15) is 30.9 Å². The lowest BCUT2D eigenvalue weighted by atomic mass is 10.1. The van der Waals surface area contributed by atoms with Crippen molar-refractivity contribution in [3.8, 4) is 0 Å². The van der Waals surface area contributed by atoms with Gasteiger partial charge in [0.2, 0.25) is 0 Å². The molecule has 0 saturated carbocycles. The van der Waals surface area contributed by atoms with Gasteiger partial charge >= 0.3 is 0 Å². The van der Waals surface area contributed by atoms with Gasteiger partial charge in [-0.3, -0.25) is 0 Å². The Kier molecular flexibility index (Phi) is 3.78. The maximum Gasteiger partial charge on any atom is 0.115 e. The van der Waals surface area contributed by atoms with Crippen LogP contribution in [-0.4, -0.2) is 0 Å². The zero-order valence-electron chi connectivity index (χ0n) is 7.52. The van der Waals surface area contributed by atoms with Crippen molar-refractivity contribution in [1.29, 1.82) is 0 Å². The molecule has 0 N–H and O–H groups in total. The molecule has 0 bridgehead atoms. The van der Waals surface area contributed by atoms with Crippen LogP contribution in [0.5, 0.6) is 0 Å². The molecule has 0 spiro atoms. The third-order valence-electron chi connectivity index (χ3n) is 1.96. The molecular weight excluding hydrogens is 151 g/mol. The van der Waals surface area contributed by atoms with Crippen LogP contribution in [0.4, 0.5) is 4.39 Å². The predicted molar refractivity (Wildman–Crippen MR) is 49.9 cm³/mol. The minimum Gasteiger partial charge on any atom is -0.246 e. The topological polar surface area (TPSA) is 0 Å². The first-order valence-electron chi connectivity index (χ1n) is 4.50. The normalized spacial score (nSPS) is 10.2. The first-order chi connectivity index (χ1) is 5.86. The second-order valence-electron chi connectivity index (χ2n) is 3.06. The first-order valence-corrected chi connectivity index (χ1v) is 4.50. The molecular formula is C11H15F. The van der Waals surface area contributed by atoms with Crippen molar-refractivity contribution in [3.63, 3.8) is 0 Å². The largest absolute Gasteiger partial charge is 0.246 e. The molecule has 1 aromatic rings. The van der Waals surface area contributed by atoms with Crippen LogP contribution in [0.15, 0.2) is 24.3 Å². The lowest BCUT2D eigenvalue weighted by molar-refractivity contribution is 0.485. The van der Waals surface area contributed by atoms with Gasteiger partial charge in [0, 0.05) is 0 Å². The van der Waals surface area contributed by atoms with Crippen LogP contribution >= 0.6 is 0 Å². The van der Waals surface area contributed by atoms with E-state index >= 15 is 0 Å². The summed E-state index contributed by atoms with van der Waals surface area (Å²) in [5.41, 5.74) is 2.05. The molecule has 0 saturated heterocycles. The van der Waals surface area contributed by atoms with E-state index in [0.717, 1.165) is 12.0 Å². The zero-order valence-corrected chi connectivity index (χ0v) is 7.52. The molecule has 1 aromatic carbocycles. The van der Waals surface area contributed by atoms with Crippen LogP contribution in [-0.2, 0) is 13.1 Å². The number of hydrogen-bond acceptors (Lipinski definition) is 0. The lowest BCUT2D eigenvalue weighted by Gasteiger charge is -2.00. The van der Waals surface area contributed by atoms with Gasteiger partial charge in [-0.2, -0.15) is 0 Å². The molecule has 0 aliphatic carbocycles. The second-order valence-corrected chi connectivity index (χ2v) is 3.06. The fourth-order valence-electron chi connectivity index (χ4n) is 1.25. The molecule has 0 unspecified atom stereocenters. The number of benzene rings is 1. The lowest BCUT2D eigenvalue weighted by Crippen LogP contribution is -1.86. The highest BCUT2D eigenvalue weighted by Gasteiger charge is 1.94. The molecule has 0 atom stereocenters. The smallest absolute Gasteiger partial charge is 0.115 e. The van der Waals surface area contributed by atoms with Crippen molar-refractivity contribution >= 4 is 0 Å². The fourth-order valence-corrected chi connectivity index (χ4v) is 1.25. The fraction of sp³-hybridized carbons (Fsp3) is 0.455. The Morgan fingerprint density at radius 3 is 2.67 bits per heavy atom. The summed E-state index contributed by atoms with van der Waals surface area (Å²) >= 11 is 0.